The Morgan fingerprint density at radius 3 is 2.75 bits per heavy atom. The van der Waals surface area contributed by atoms with Crippen molar-refractivity contribution in [1.29, 1.82) is 0 Å². The third-order valence-electron chi connectivity index (χ3n) is 3.10. The van der Waals surface area contributed by atoms with Crippen molar-refractivity contribution in [2.24, 2.45) is 0 Å². The summed E-state index contributed by atoms with van der Waals surface area (Å²) in [6.45, 7) is 2.50. The number of carbonyl (C=O) groups is 1. The number of nitrogens with one attached hydrogen (secondary N) is 1. The molecular weight excluding hydrogens is 252 g/mol. The highest BCUT2D eigenvalue weighted by Crippen LogP contribution is 2.08. The number of aryl methyl sites for hydroxylation is 1. The van der Waals surface area contributed by atoms with E-state index >= 15 is 0 Å². The van der Waals surface area contributed by atoms with E-state index in [-0.39, 0.29) is 0 Å². The second-order valence-electron chi connectivity index (χ2n) is 4.83. The van der Waals surface area contributed by atoms with Gasteiger partial charge in [0, 0.05) is 18.9 Å². The number of aliphatic carboxylic acids is 1. The van der Waals surface area contributed by atoms with E-state index in [2.05, 4.69) is 10.3 Å². The number of carboxylic acid groups (broad SMARTS) is 1. The molecule has 2 rings (SSSR count). The molecule has 2 aromatic rings. The zero-order chi connectivity index (χ0) is 14.4. The van der Waals surface area contributed by atoms with E-state index in [1.54, 1.807) is 12.4 Å². The molecule has 0 fully saturated rings. The largest absolute Gasteiger partial charge is 0.480 e. The number of rotatable bonds is 6. The van der Waals surface area contributed by atoms with Crippen molar-refractivity contribution in [3.63, 3.8) is 0 Å². The lowest BCUT2D eigenvalue weighted by Gasteiger charge is -2.14. The maximum Gasteiger partial charge on any atom is 0.321 e. The molecule has 0 radical (unpaired) electrons. The number of hydrogen-bond donors (Lipinski definition) is 2. The van der Waals surface area contributed by atoms with E-state index in [0.29, 0.717) is 13.0 Å². The Hall–Kier alpha value is -2.20. The van der Waals surface area contributed by atoms with E-state index in [1.807, 2.05) is 43.3 Å². The molecule has 1 unspecified atom stereocenters. The molecule has 1 aromatic heterocycles. The van der Waals surface area contributed by atoms with Gasteiger partial charge in [0.1, 0.15) is 6.04 Å². The van der Waals surface area contributed by atoms with Crippen LogP contribution in [0.15, 0.2) is 48.8 Å². The summed E-state index contributed by atoms with van der Waals surface area (Å²) in [6.07, 6.45) is 3.90. The molecule has 1 atom stereocenters. The molecular formula is C16H18N2O2. The van der Waals surface area contributed by atoms with E-state index in [1.165, 1.54) is 0 Å². The van der Waals surface area contributed by atoms with Gasteiger partial charge in [-0.15, -0.1) is 0 Å². The first-order chi connectivity index (χ1) is 9.65. The number of nitrogens with zero attached hydrogens (tertiary/aromatic N) is 1. The average Bonchev–Trinajstić information content (AvgIpc) is 2.44. The van der Waals surface area contributed by atoms with Gasteiger partial charge in [-0.2, -0.15) is 0 Å². The van der Waals surface area contributed by atoms with Crippen LogP contribution >= 0.6 is 0 Å². The Labute approximate surface area is 118 Å². The first kappa shape index (κ1) is 14.2. The topological polar surface area (TPSA) is 62.2 Å². The summed E-state index contributed by atoms with van der Waals surface area (Å²) < 4.78 is 0. The number of hydrogen-bond acceptors (Lipinski definition) is 3. The number of pyridine rings is 1. The molecule has 0 spiro atoms. The predicted molar refractivity (Wildman–Crippen MR) is 77.4 cm³/mol. The molecule has 0 aliphatic rings. The lowest BCUT2D eigenvalue weighted by Crippen LogP contribution is -2.38. The van der Waals surface area contributed by atoms with Gasteiger partial charge in [0.2, 0.25) is 0 Å². The van der Waals surface area contributed by atoms with E-state index in [4.69, 9.17) is 0 Å². The van der Waals surface area contributed by atoms with Gasteiger partial charge in [0.15, 0.2) is 0 Å². The van der Waals surface area contributed by atoms with Crippen LogP contribution in [-0.2, 0) is 17.8 Å². The Morgan fingerprint density at radius 2 is 2.10 bits per heavy atom. The SMILES string of the molecule is Cc1cccc(CC(NCc2cccnc2)C(=O)O)c1. The average molecular weight is 270 g/mol. The zero-order valence-corrected chi connectivity index (χ0v) is 11.4. The fraction of sp³-hybridized carbons (Fsp3) is 0.250. The highest BCUT2D eigenvalue weighted by Gasteiger charge is 2.17. The van der Waals surface area contributed by atoms with Gasteiger partial charge in [0.05, 0.1) is 0 Å². The number of carboxylic acids is 1. The highest BCUT2D eigenvalue weighted by atomic mass is 16.4. The summed E-state index contributed by atoms with van der Waals surface area (Å²) in [6, 6.07) is 11.1. The molecule has 1 heterocycles. The van der Waals surface area contributed by atoms with Crippen LogP contribution in [-0.4, -0.2) is 22.1 Å². The van der Waals surface area contributed by atoms with Crippen LogP contribution in [0.3, 0.4) is 0 Å². The van der Waals surface area contributed by atoms with Gasteiger partial charge in [-0.1, -0.05) is 35.9 Å². The second-order valence-corrected chi connectivity index (χ2v) is 4.83. The summed E-state index contributed by atoms with van der Waals surface area (Å²) in [7, 11) is 0. The van der Waals surface area contributed by atoms with Crippen molar-refractivity contribution in [3.8, 4) is 0 Å². The highest BCUT2D eigenvalue weighted by molar-refractivity contribution is 5.73. The molecule has 0 amide bonds. The molecule has 2 N–H and O–H groups in total. The Morgan fingerprint density at radius 1 is 1.30 bits per heavy atom. The molecule has 104 valence electrons. The van der Waals surface area contributed by atoms with Crippen LogP contribution in [0.2, 0.25) is 0 Å². The third-order valence-corrected chi connectivity index (χ3v) is 3.10. The van der Waals surface area contributed by atoms with Gasteiger partial charge in [0.25, 0.3) is 0 Å². The van der Waals surface area contributed by atoms with Crippen molar-refractivity contribution >= 4 is 5.97 Å². The minimum Gasteiger partial charge on any atom is -0.480 e. The van der Waals surface area contributed by atoms with Gasteiger partial charge >= 0.3 is 5.97 Å². The van der Waals surface area contributed by atoms with E-state index in [9.17, 15) is 9.90 Å². The standard InChI is InChI=1S/C16H18N2O2/c1-12-4-2-5-13(8-12)9-15(16(19)20)18-11-14-6-3-7-17-10-14/h2-8,10,15,18H,9,11H2,1H3,(H,19,20). The Bertz CT molecular complexity index is 570. The quantitative estimate of drug-likeness (QED) is 0.844. The fourth-order valence-electron chi connectivity index (χ4n) is 2.07. The van der Waals surface area contributed by atoms with Gasteiger partial charge in [-0.3, -0.25) is 15.1 Å². The third kappa shape index (κ3) is 4.17. The monoisotopic (exact) mass is 270 g/mol. The molecule has 4 nitrogen and oxygen atoms in total. The first-order valence-electron chi connectivity index (χ1n) is 6.56. The van der Waals surface area contributed by atoms with Crippen LogP contribution in [0, 0.1) is 6.92 Å². The van der Waals surface area contributed by atoms with Crippen LogP contribution in [0.5, 0.6) is 0 Å². The summed E-state index contributed by atoms with van der Waals surface area (Å²) in [5.74, 6) is -0.838. The molecule has 1 aromatic carbocycles. The Balaban J connectivity index is 1.99. The first-order valence-corrected chi connectivity index (χ1v) is 6.56. The van der Waals surface area contributed by atoms with Crippen molar-refractivity contribution in [2.45, 2.75) is 25.9 Å². The van der Waals surface area contributed by atoms with Gasteiger partial charge in [-0.05, 0) is 30.5 Å². The van der Waals surface area contributed by atoms with E-state index in [0.717, 1.165) is 16.7 Å². The van der Waals surface area contributed by atoms with Crippen molar-refractivity contribution in [2.75, 3.05) is 0 Å². The van der Waals surface area contributed by atoms with Crippen LogP contribution in [0.4, 0.5) is 0 Å². The van der Waals surface area contributed by atoms with Crippen LogP contribution in [0.25, 0.3) is 0 Å². The summed E-state index contributed by atoms with van der Waals surface area (Å²) in [4.78, 5) is 15.3. The molecule has 0 saturated heterocycles. The molecule has 20 heavy (non-hydrogen) atoms. The maximum absolute atomic E-state index is 11.3. The molecule has 0 aliphatic heterocycles. The lowest BCUT2D eigenvalue weighted by molar-refractivity contribution is -0.139. The maximum atomic E-state index is 11.3. The van der Waals surface area contributed by atoms with Gasteiger partial charge < -0.3 is 5.11 Å². The molecule has 0 bridgehead atoms. The Kier molecular flexibility index (Phi) is 4.85. The number of aromatic nitrogens is 1. The fourth-order valence-corrected chi connectivity index (χ4v) is 2.07. The minimum absolute atomic E-state index is 0.470. The summed E-state index contributed by atoms with van der Waals surface area (Å²) >= 11 is 0. The van der Waals surface area contributed by atoms with Crippen molar-refractivity contribution in [1.82, 2.24) is 10.3 Å². The molecule has 0 saturated carbocycles. The predicted octanol–water partition coefficient (Wildman–Crippen LogP) is 2.18. The summed E-state index contributed by atoms with van der Waals surface area (Å²) in [5, 5.41) is 12.4. The zero-order valence-electron chi connectivity index (χ0n) is 11.4. The van der Waals surface area contributed by atoms with Crippen LogP contribution in [0.1, 0.15) is 16.7 Å². The summed E-state index contributed by atoms with van der Waals surface area (Å²) in [5.41, 5.74) is 3.14. The molecule has 4 heteroatoms. The van der Waals surface area contributed by atoms with Gasteiger partial charge in [-0.25, -0.2) is 0 Å². The minimum atomic E-state index is -0.838. The smallest absolute Gasteiger partial charge is 0.321 e. The van der Waals surface area contributed by atoms with E-state index < -0.39 is 12.0 Å². The normalized spacial score (nSPS) is 12.1. The van der Waals surface area contributed by atoms with Crippen molar-refractivity contribution in [3.05, 3.63) is 65.5 Å². The van der Waals surface area contributed by atoms with Crippen LogP contribution < -0.4 is 5.32 Å². The molecule has 0 aliphatic carbocycles. The van der Waals surface area contributed by atoms with Crippen molar-refractivity contribution < 1.29 is 9.90 Å². The second kappa shape index (κ2) is 6.82. The number of benzene rings is 1. The lowest BCUT2D eigenvalue weighted by atomic mass is 10.0.